The molecule has 0 radical (unpaired) electrons. The van der Waals surface area contributed by atoms with E-state index in [2.05, 4.69) is 81.1 Å². The molecule has 0 aliphatic rings. The van der Waals surface area contributed by atoms with Gasteiger partial charge in [-0.1, -0.05) is 61.9 Å². The smallest absolute Gasteiger partial charge is 0.254 e. The number of hydrogen-bond acceptors (Lipinski definition) is 4. The third-order valence-corrected chi connectivity index (χ3v) is 7.04. The predicted molar refractivity (Wildman–Crippen MR) is 152 cm³/mol. The summed E-state index contributed by atoms with van der Waals surface area (Å²) >= 11 is 0. The topological polar surface area (TPSA) is 54.3 Å². The van der Waals surface area contributed by atoms with E-state index in [0.717, 1.165) is 40.9 Å². The lowest BCUT2D eigenvalue weighted by Crippen LogP contribution is -2.30. The van der Waals surface area contributed by atoms with Crippen LogP contribution in [0, 0.1) is 0 Å². The molecule has 0 bridgehead atoms. The van der Waals surface area contributed by atoms with Crippen molar-refractivity contribution in [2.24, 2.45) is 0 Å². The normalized spacial score (nSPS) is 12.4. The van der Waals surface area contributed by atoms with E-state index < -0.39 is 0 Å². The predicted octanol–water partition coefficient (Wildman–Crippen LogP) is 6.74. The Hall–Kier alpha value is -3.51. The first-order valence-electron chi connectivity index (χ1n) is 13.3. The quantitative estimate of drug-likeness (QED) is 0.243. The van der Waals surface area contributed by atoms with Crippen LogP contribution in [-0.4, -0.2) is 51.1 Å². The lowest BCUT2D eigenvalue weighted by atomic mass is 10.0. The molecule has 4 aromatic rings. The Labute approximate surface area is 220 Å². The van der Waals surface area contributed by atoms with Gasteiger partial charge in [-0.2, -0.15) is 5.10 Å². The number of fused-ring (bicyclic) bond motifs is 1. The molecule has 2 aromatic carbocycles. The molecule has 0 saturated carbocycles. The minimum Gasteiger partial charge on any atom is -0.335 e. The molecule has 0 aliphatic carbocycles. The summed E-state index contributed by atoms with van der Waals surface area (Å²) in [6.07, 6.45) is 4.15. The van der Waals surface area contributed by atoms with Crippen molar-refractivity contribution in [3.63, 3.8) is 0 Å². The molecule has 0 spiro atoms. The van der Waals surface area contributed by atoms with Gasteiger partial charge in [-0.15, -0.1) is 0 Å². The Morgan fingerprint density at radius 3 is 2.46 bits per heavy atom. The summed E-state index contributed by atoms with van der Waals surface area (Å²) in [6, 6.07) is 20.6. The summed E-state index contributed by atoms with van der Waals surface area (Å²) in [5.74, 6) is -0.0382. The monoisotopic (exact) mass is 497 g/mol. The third kappa shape index (κ3) is 5.91. The van der Waals surface area contributed by atoms with Crippen LogP contribution in [0.4, 0.5) is 0 Å². The molecular formula is C31H39N5O. The molecule has 1 atom stereocenters. The van der Waals surface area contributed by atoms with Crippen LogP contribution in [-0.2, 0) is 6.54 Å². The molecule has 37 heavy (non-hydrogen) atoms. The highest BCUT2D eigenvalue weighted by atomic mass is 16.2. The summed E-state index contributed by atoms with van der Waals surface area (Å²) in [7, 11) is 4.03. The van der Waals surface area contributed by atoms with Crippen molar-refractivity contribution < 1.29 is 4.79 Å². The Bertz CT molecular complexity index is 1340. The van der Waals surface area contributed by atoms with Gasteiger partial charge in [0.2, 0.25) is 0 Å². The summed E-state index contributed by atoms with van der Waals surface area (Å²) < 4.78 is 1.90. The van der Waals surface area contributed by atoms with Crippen molar-refractivity contribution in [3.05, 3.63) is 83.6 Å². The van der Waals surface area contributed by atoms with Gasteiger partial charge < -0.3 is 9.80 Å². The van der Waals surface area contributed by atoms with Gasteiger partial charge in [-0.05, 0) is 64.0 Å². The van der Waals surface area contributed by atoms with E-state index in [1.54, 1.807) is 11.1 Å². The fourth-order valence-corrected chi connectivity index (χ4v) is 4.69. The zero-order valence-electron chi connectivity index (χ0n) is 23.0. The van der Waals surface area contributed by atoms with Crippen molar-refractivity contribution in [1.82, 2.24) is 24.6 Å². The van der Waals surface area contributed by atoms with Crippen molar-refractivity contribution >= 4 is 16.9 Å². The van der Waals surface area contributed by atoms with Crippen LogP contribution in [0.15, 0.2) is 66.9 Å². The number of unbranched alkanes of at least 4 members (excludes halogenated alkanes) is 1. The molecule has 4 rings (SSSR count). The van der Waals surface area contributed by atoms with Crippen LogP contribution in [0.2, 0.25) is 0 Å². The maximum atomic E-state index is 13.9. The summed E-state index contributed by atoms with van der Waals surface area (Å²) in [4.78, 5) is 23.1. The summed E-state index contributed by atoms with van der Waals surface area (Å²) in [6.45, 7) is 10.4. The molecule has 0 saturated heterocycles. The number of amides is 1. The number of hydrogen-bond donors (Lipinski definition) is 0. The Morgan fingerprint density at radius 2 is 1.76 bits per heavy atom. The molecule has 0 fully saturated rings. The highest BCUT2D eigenvalue weighted by molar-refractivity contribution is 6.06. The van der Waals surface area contributed by atoms with E-state index in [9.17, 15) is 4.79 Å². The van der Waals surface area contributed by atoms with Gasteiger partial charge in [-0.25, -0.2) is 9.67 Å². The van der Waals surface area contributed by atoms with E-state index in [0.29, 0.717) is 5.56 Å². The van der Waals surface area contributed by atoms with E-state index >= 15 is 0 Å². The van der Waals surface area contributed by atoms with Crippen LogP contribution in [0.1, 0.15) is 74.1 Å². The zero-order valence-corrected chi connectivity index (χ0v) is 23.0. The van der Waals surface area contributed by atoms with Gasteiger partial charge in [0.05, 0.1) is 28.9 Å². The van der Waals surface area contributed by atoms with Gasteiger partial charge in [0.25, 0.3) is 5.91 Å². The number of carbonyl (C=O) groups excluding carboxylic acids is 1. The lowest BCUT2D eigenvalue weighted by Gasteiger charge is -2.26. The van der Waals surface area contributed by atoms with Crippen LogP contribution >= 0.6 is 0 Å². The first kappa shape index (κ1) is 26.6. The summed E-state index contributed by atoms with van der Waals surface area (Å²) in [5.41, 5.74) is 5.49. The minimum atomic E-state index is -0.0671. The second kappa shape index (κ2) is 11.7. The second-order valence-electron chi connectivity index (χ2n) is 10.3. The van der Waals surface area contributed by atoms with E-state index in [1.165, 1.54) is 18.4 Å². The third-order valence-electron chi connectivity index (χ3n) is 7.04. The minimum absolute atomic E-state index is 0.0382. The Morgan fingerprint density at radius 1 is 1.00 bits per heavy atom. The molecular weight excluding hydrogens is 458 g/mol. The SMILES string of the molecule is CCCCN(C)Cc1cccc(-c2cc(C(=O)N(C)C(C)c3ccccc3)c3cnn(C(C)C)c3n2)c1. The van der Waals surface area contributed by atoms with E-state index in [4.69, 9.17) is 4.98 Å². The molecule has 1 unspecified atom stereocenters. The first-order chi connectivity index (χ1) is 17.8. The van der Waals surface area contributed by atoms with Gasteiger partial charge in [0, 0.05) is 25.2 Å². The fourth-order valence-electron chi connectivity index (χ4n) is 4.69. The van der Waals surface area contributed by atoms with Crippen LogP contribution < -0.4 is 0 Å². The van der Waals surface area contributed by atoms with Crippen LogP contribution in [0.25, 0.3) is 22.3 Å². The summed E-state index contributed by atoms with van der Waals surface area (Å²) in [5, 5.41) is 5.38. The Kier molecular flexibility index (Phi) is 8.39. The average molecular weight is 498 g/mol. The molecule has 6 heteroatoms. The first-order valence-corrected chi connectivity index (χ1v) is 13.3. The van der Waals surface area contributed by atoms with Crippen LogP contribution in [0.5, 0.6) is 0 Å². The van der Waals surface area contributed by atoms with Crippen LogP contribution in [0.3, 0.4) is 0 Å². The highest BCUT2D eigenvalue weighted by Gasteiger charge is 2.24. The van der Waals surface area contributed by atoms with Crippen molar-refractivity contribution in [1.29, 1.82) is 0 Å². The maximum Gasteiger partial charge on any atom is 0.254 e. The number of aromatic nitrogens is 3. The van der Waals surface area contributed by atoms with Gasteiger partial charge in [0.15, 0.2) is 5.65 Å². The second-order valence-corrected chi connectivity index (χ2v) is 10.3. The fraction of sp³-hybridized carbons (Fsp3) is 0.387. The number of nitrogens with zero attached hydrogens (tertiary/aromatic N) is 5. The average Bonchev–Trinajstić information content (AvgIpc) is 3.35. The number of pyridine rings is 1. The molecule has 6 nitrogen and oxygen atoms in total. The van der Waals surface area contributed by atoms with Crippen molar-refractivity contribution in [3.8, 4) is 11.3 Å². The molecule has 2 aromatic heterocycles. The lowest BCUT2D eigenvalue weighted by molar-refractivity contribution is 0.0744. The standard InChI is InChI=1S/C31H39N5O/c1-7-8-17-34(5)21-24-13-12-16-26(18-24)29-19-27(28-20-32-36(22(2)3)30(28)33-29)31(37)35(6)23(4)25-14-10-9-11-15-25/h9-16,18-20,22-23H,7-8,17,21H2,1-6H3. The molecule has 2 heterocycles. The number of carbonyl (C=O) groups is 1. The zero-order chi connectivity index (χ0) is 26.5. The van der Waals surface area contributed by atoms with Gasteiger partial charge in [-0.3, -0.25) is 4.79 Å². The molecule has 0 N–H and O–H groups in total. The number of benzene rings is 2. The van der Waals surface area contributed by atoms with Crippen molar-refractivity contribution in [2.75, 3.05) is 20.6 Å². The molecule has 1 amide bonds. The van der Waals surface area contributed by atoms with Crippen molar-refractivity contribution in [2.45, 2.75) is 59.2 Å². The maximum absolute atomic E-state index is 13.9. The van der Waals surface area contributed by atoms with Gasteiger partial charge >= 0.3 is 0 Å². The Balaban J connectivity index is 1.75. The molecule has 0 aliphatic heterocycles. The largest absolute Gasteiger partial charge is 0.335 e. The van der Waals surface area contributed by atoms with E-state index in [1.807, 2.05) is 36.0 Å². The van der Waals surface area contributed by atoms with E-state index in [-0.39, 0.29) is 18.0 Å². The van der Waals surface area contributed by atoms with Gasteiger partial charge in [0.1, 0.15) is 0 Å². The number of rotatable bonds is 10. The molecule has 194 valence electrons. The highest BCUT2D eigenvalue weighted by Crippen LogP contribution is 2.29.